The summed E-state index contributed by atoms with van der Waals surface area (Å²) in [6.07, 6.45) is 4.55. The summed E-state index contributed by atoms with van der Waals surface area (Å²) in [4.78, 5) is 15.6. The van der Waals surface area contributed by atoms with Crippen LogP contribution in [0.4, 0.5) is 0 Å². The average Bonchev–Trinajstić information content (AvgIpc) is 2.94. The fraction of sp³-hybridized carbons (Fsp3) is 0.167. The molecule has 1 atom stereocenters. The van der Waals surface area contributed by atoms with E-state index in [1.54, 1.807) is 30.5 Å². The molecular weight excluding hydrogens is 234 g/mol. The van der Waals surface area contributed by atoms with Crippen LogP contribution in [0.25, 0.3) is 0 Å². The lowest BCUT2D eigenvalue weighted by atomic mass is 10.2. The quantitative estimate of drug-likeness (QED) is 0.675. The van der Waals surface area contributed by atoms with Crippen LogP contribution < -0.4 is 10.9 Å². The Labute approximate surface area is 104 Å². The van der Waals surface area contributed by atoms with E-state index in [2.05, 4.69) is 15.8 Å². The zero-order valence-electron chi connectivity index (χ0n) is 9.54. The summed E-state index contributed by atoms with van der Waals surface area (Å²) < 4.78 is 5.14. The molecule has 0 aliphatic carbocycles. The smallest absolute Gasteiger partial charge is 0.266 e. The fourth-order valence-electron chi connectivity index (χ4n) is 1.42. The number of hydrogen-bond donors (Lipinski definition) is 3. The van der Waals surface area contributed by atoms with Gasteiger partial charge in [0, 0.05) is 12.4 Å². The molecule has 0 saturated heterocycles. The molecule has 2 aromatic heterocycles. The highest BCUT2D eigenvalue weighted by atomic mass is 16.3. The second-order valence-corrected chi connectivity index (χ2v) is 3.59. The minimum atomic E-state index is -0.486. The Kier molecular flexibility index (Phi) is 4.06. The number of aliphatic hydroxyl groups excluding tert-OH is 1. The van der Waals surface area contributed by atoms with E-state index in [9.17, 15) is 9.90 Å². The summed E-state index contributed by atoms with van der Waals surface area (Å²) in [5, 5.41) is 9.20. The number of pyridine rings is 1. The van der Waals surface area contributed by atoms with Gasteiger partial charge in [-0.25, -0.2) is 5.43 Å². The lowest BCUT2D eigenvalue weighted by molar-refractivity contribution is 0.0910. The van der Waals surface area contributed by atoms with Crippen molar-refractivity contribution in [1.29, 1.82) is 0 Å². The van der Waals surface area contributed by atoms with Gasteiger partial charge in [-0.15, -0.1) is 0 Å². The Balaban J connectivity index is 1.93. The van der Waals surface area contributed by atoms with E-state index in [0.717, 1.165) is 0 Å². The van der Waals surface area contributed by atoms with Gasteiger partial charge in [0.25, 0.3) is 5.91 Å². The zero-order valence-corrected chi connectivity index (χ0v) is 9.54. The van der Waals surface area contributed by atoms with Crippen LogP contribution in [0.3, 0.4) is 0 Å². The van der Waals surface area contributed by atoms with E-state index >= 15 is 0 Å². The standard InChI is InChI=1S/C12H13N3O3/c16-8-10(11-4-2-6-18-11)14-15-12(17)9-3-1-5-13-7-9/h1-7,10,14,16H,8H2,(H,15,17)/t10-/m0/s1. The van der Waals surface area contributed by atoms with E-state index in [1.807, 2.05) is 0 Å². The van der Waals surface area contributed by atoms with E-state index in [-0.39, 0.29) is 12.5 Å². The maximum atomic E-state index is 11.7. The molecule has 0 radical (unpaired) electrons. The molecule has 0 fully saturated rings. The number of hydrogen-bond acceptors (Lipinski definition) is 5. The molecule has 0 aromatic carbocycles. The van der Waals surface area contributed by atoms with Crippen LogP contribution in [-0.4, -0.2) is 22.6 Å². The number of carbonyl (C=O) groups is 1. The predicted octanol–water partition coefficient (Wildman–Crippen LogP) is 0.643. The Morgan fingerprint density at radius 2 is 2.33 bits per heavy atom. The molecule has 0 aliphatic rings. The highest BCUT2D eigenvalue weighted by Gasteiger charge is 2.14. The second kappa shape index (κ2) is 5.95. The number of rotatable bonds is 5. The number of furan rings is 1. The summed E-state index contributed by atoms with van der Waals surface area (Å²) in [5.41, 5.74) is 5.62. The van der Waals surface area contributed by atoms with Gasteiger partial charge in [-0.1, -0.05) is 0 Å². The first-order chi connectivity index (χ1) is 8.81. The van der Waals surface area contributed by atoms with Crippen molar-refractivity contribution in [3.63, 3.8) is 0 Å². The molecule has 0 bridgehead atoms. The fourth-order valence-corrected chi connectivity index (χ4v) is 1.42. The van der Waals surface area contributed by atoms with Gasteiger partial charge in [-0.05, 0) is 24.3 Å². The van der Waals surface area contributed by atoms with Crippen molar-refractivity contribution in [2.45, 2.75) is 6.04 Å². The van der Waals surface area contributed by atoms with E-state index in [4.69, 9.17) is 4.42 Å². The summed E-state index contributed by atoms with van der Waals surface area (Å²) in [5.74, 6) is 0.220. The average molecular weight is 247 g/mol. The van der Waals surface area contributed by atoms with Crippen molar-refractivity contribution in [2.24, 2.45) is 0 Å². The van der Waals surface area contributed by atoms with Crippen molar-refractivity contribution in [2.75, 3.05) is 6.61 Å². The SMILES string of the molecule is O=C(NN[C@@H](CO)c1ccco1)c1cccnc1. The van der Waals surface area contributed by atoms with Gasteiger partial charge < -0.3 is 9.52 Å². The monoisotopic (exact) mass is 247 g/mol. The van der Waals surface area contributed by atoms with Gasteiger partial charge in [0.15, 0.2) is 0 Å². The number of nitrogens with zero attached hydrogens (tertiary/aromatic N) is 1. The molecule has 2 heterocycles. The molecule has 2 rings (SSSR count). The molecule has 2 aromatic rings. The molecule has 0 saturated carbocycles. The van der Waals surface area contributed by atoms with Crippen LogP contribution in [0.15, 0.2) is 47.3 Å². The van der Waals surface area contributed by atoms with Gasteiger partial charge >= 0.3 is 0 Å². The van der Waals surface area contributed by atoms with Crippen molar-refractivity contribution < 1.29 is 14.3 Å². The number of carbonyl (C=O) groups excluding carboxylic acids is 1. The Morgan fingerprint density at radius 3 is 2.94 bits per heavy atom. The Bertz CT molecular complexity index is 485. The van der Waals surface area contributed by atoms with Gasteiger partial charge in [0.1, 0.15) is 11.8 Å². The minimum Gasteiger partial charge on any atom is -0.468 e. The largest absolute Gasteiger partial charge is 0.468 e. The first kappa shape index (κ1) is 12.3. The highest BCUT2D eigenvalue weighted by molar-refractivity contribution is 5.93. The Hall–Kier alpha value is -2.18. The molecular formula is C12H13N3O3. The van der Waals surface area contributed by atoms with E-state index in [1.165, 1.54) is 12.5 Å². The molecule has 18 heavy (non-hydrogen) atoms. The maximum absolute atomic E-state index is 11.7. The third-order valence-corrected chi connectivity index (χ3v) is 2.35. The van der Waals surface area contributed by atoms with Crippen LogP contribution in [0.1, 0.15) is 22.2 Å². The molecule has 6 nitrogen and oxygen atoms in total. The number of hydrazine groups is 1. The summed E-state index contributed by atoms with van der Waals surface area (Å²) in [6.45, 7) is -0.194. The first-order valence-corrected chi connectivity index (χ1v) is 5.41. The van der Waals surface area contributed by atoms with Crippen LogP contribution in [-0.2, 0) is 0 Å². The lowest BCUT2D eigenvalue weighted by Gasteiger charge is -2.14. The van der Waals surface area contributed by atoms with Crippen LogP contribution in [0, 0.1) is 0 Å². The molecule has 1 amide bonds. The topological polar surface area (TPSA) is 87.4 Å². The lowest BCUT2D eigenvalue weighted by Crippen LogP contribution is -2.41. The van der Waals surface area contributed by atoms with E-state index < -0.39 is 6.04 Å². The van der Waals surface area contributed by atoms with Gasteiger partial charge in [-0.3, -0.25) is 15.2 Å². The van der Waals surface area contributed by atoms with Gasteiger partial charge in [0.2, 0.25) is 0 Å². The number of aliphatic hydroxyl groups is 1. The minimum absolute atomic E-state index is 0.194. The highest BCUT2D eigenvalue weighted by Crippen LogP contribution is 2.11. The first-order valence-electron chi connectivity index (χ1n) is 5.41. The van der Waals surface area contributed by atoms with Crippen LogP contribution in [0.2, 0.25) is 0 Å². The summed E-state index contributed by atoms with van der Waals surface area (Å²) >= 11 is 0. The van der Waals surface area contributed by atoms with Gasteiger partial charge in [0.05, 0.1) is 18.4 Å². The Morgan fingerprint density at radius 1 is 1.44 bits per heavy atom. The van der Waals surface area contributed by atoms with Crippen molar-refractivity contribution in [3.8, 4) is 0 Å². The third-order valence-electron chi connectivity index (χ3n) is 2.35. The third kappa shape index (κ3) is 2.93. The normalized spacial score (nSPS) is 12.1. The predicted molar refractivity (Wildman–Crippen MR) is 63.4 cm³/mol. The maximum Gasteiger partial charge on any atom is 0.266 e. The molecule has 0 unspecified atom stereocenters. The molecule has 3 N–H and O–H groups in total. The number of nitrogens with one attached hydrogen (secondary N) is 2. The molecule has 94 valence electrons. The van der Waals surface area contributed by atoms with Crippen LogP contribution >= 0.6 is 0 Å². The zero-order chi connectivity index (χ0) is 12.8. The number of aromatic nitrogens is 1. The van der Waals surface area contributed by atoms with Crippen molar-refractivity contribution >= 4 is 5.91 Å². The van der Waals surface area contributed by atoms with Gasteiger partial charge in [-0.2, -0.15) is 0 Å². The van der Waals surface area contributed by atoms with E-state index in [0.29, 0.717) is 11.3 Å². The summed E-state index contributed by atoms with van der Waals surface area (Å²) in [7, 11) is 0. The molecule has 0 aliphatic heterocycles. The van der Waals surface area contributed by atoms with Crippen LogP contribution in [0.5, 0.6) is 0 Å². The summed E-state index contributed by atoms with van der Waals surface area (Å²) in [6, 6.07) is 6.25. The van der Waals surface area contributed by atoms with Crippen molar-refractivity contribution in [3.05, 3.63) is 54.2 Å². The molecule has 0 spiro atoms. The molecule has 6 heteroatoms. The second-order valence-electron chi connectivity index (χ2n) is 3.59. The number of amides is 1. The van der Waals surface area contributed by atoms with Crippen molar-refractivity contribution in [1.82, 2.24) is 15.8 Å².